The van der Waals surface area contributed by atoms with Gasteiger partial charge < -0.3 is 9.47 Å². The first kappa shape index (κ1) is 13.1. The summed E-state index contributed by atoms with van der Waals surface area (Å²) in [5, 5.41) is 0. The molecule has 1 aliphatic heterocycles. The molecule has 1 aliphatic rings. The second kappa shape index (κ2) is 5.25. The molecule has 20 heavy (non-hydrogen) atoms. The average molecular weight is 337 g/mol. The molecule has 2 aromatic rings. The summed E-state index contributed by atoms with van der Waals surface area (Å²) in [5.74, 6) is -0.0979. The Morgan fingerprint density at radius 1 is 1.10 bits per heavy atom. The number of carbonyl (C=O) groups excluding carboxylic acids is 1. The molecule has 0 fully saturated rings. The van der Waals surface area contributed by atoms with E-state index >= 15 is 0 Å². The van der Waals surface area contributed by atoms with E-state index in [1.807, 2.05) is 0 Å². The average Bonchev–Trinajstić information content (AvgIpc) is 2.48. The van der Waals surface area contributed by atoms with E-state index in [4.69, 9.17) is 9.47 Å². The van der Waals surface area contributed by atoms with Crippen LogP contribution >= 0.6 is 15.9 Å². The van der Waals surface area contributed by atoms with Crippen LogP contribution in [0, 0.1) is 5.82 Å². The largest absolute Gasteiger partial charge is 0.486 e. The van der Waals surface area contributed by atoms with Gasteiger partial charge in [-0.15, -0.1) is 0 Å². The van der Waals surface area contributed by atoms with Gasteiger partial charge in [-0.2, -0.15) is 0 Å². The molecular weight excluding hydrogens is 327 g/mol. The molecule has 0 spiro atoms. The van der Waals surface area contributed by atoms with Crippen LogP contribution in [0.1, 0.15) is 15.9 Å². The van der Waals surface area contributed by atoms with Crippen LogP contribution in [0.3, 0.4) is 0 Å². The van der Waals surface area contributed by atoms with Crippen molar-refractivity contribution in [1.29, 1.82) is 0 Å². The minimum Gasteiger partial charge on any atom is -0.486 e. The zero-order chi connectivity index (χ0) is 14.1. The van der Waals surface area contributed by atoms with Gasteiger partial charge in [0.1, 0.15) is 19.0 Å². The highest BCUT2D eigenvalue weighted by Crippen LogP contribution is 2.35. The van der Waals surface area contributed by atoms with Gasteiger partial charge in [-0.1, -0.05) is 22.0 Å². The Morgan fingerprint density at radius 3 is 2.75 bits per heavy atom. The molecule has 102 valence electrons. The van der Waals surface area contributed by atoms with Crippen molar-refractivity contribution in [3.05, 3.63) is 57.8 Å². The van der Waals surface area contributed by atoms with E-state index in [1.54, 1.807) is 24.3 Å². The van der Waals surface area contributed by atoms with Crippen molar-refractivity contribution in [2.45, 2.75) is 0 Å². The van der Waals surface area contributed by atoms with Crippen LogP contribution in [0.15, 0.2) is 40.9 Å². The molecule has 0 N–H and O–H groups in total. The number of hydrogen-bond acceptors (Lipinski definition) is 3. The van der Waals surface area contributed by atoms with Gasteiger partial charge in [0.05, 0.1) is 11.1 Å². The summed E-state index contributed by atoms with van der Waals surface area (Å²) in [6.07, 6.45) is 0. The predicted octanol–water partition coefficient (Wildman–Crippen LogP) is 3.59. The summed E-state index contributed by atoms with van der Waals surface area (Å²) in [7, 11) is 0. The Balaban J connectivity index is 2.09. The number of benzene rings is 2. The number of fused-ring (bicyclic) bond motifs is 1. The molecule has 5 heteroatoms. The first-order chi connectivity index (χ1) is 9.66. The maximum absolute atomic E-state index is 13.8. The van der Waals surface area contributed by atoms with Gasteiger partial charge in [-0.25, -0.2) is 4.39 Å². The van der Waals surface area contributed by atoms with Gasteiger partial charge in [-0.3, -0.25) is 4.79 Å². The predicted molar refractivity (Wildman–Crippen MR) is 75.0 cm³/mol. The van der Waals surface area contributed by atoms with Crippen LogP contribution in [-0.2, 0) is 0 Å². The van der Waals surface area contributed by atoms with E-state index in [0.29, 0.717) is 34.7 Å². The molecule has 0 aromatic heterocycles. The van der Waals surface area contributed by atoms with Crippen LogP contribution in [0.4, 0.5) is 4.39 Å². The molecule has 3 nitrogen and oxygen atoms in total. The lowest BCUT2D eigenvalue weighted by Gasteiger charge is -2.20. The third-order valence-corrected chi connectivity index (χ3v) is 3.48. The lowest BCUT2D eigenvalue weighted by molar-refractivity contribution is 0.102. The van der Waals surface area contributed by atoms with Gasteiger partial charge in [-0.05, 0) is 30.3 Å². The molecule has 0 saturated heterocycles. The van der Waals surface area contributed by atoms with Gasteiger partial charge in [0, 0.05) is 4.47 Å². The molecule has 0 amide bonds. The van der Waals surface area contributed by atoms with Gasteiger partial charge >= 0.3 is 0 Å². The van der Waals surface area contributed by atoms with Crippen molar-refractivity contribution in [3.8, 4) is 11.5 Å². The third-order valence-electron chi connectivity index (χ3n) is 2.98. The molecule has 0 radical (unpaired) electrons. The highest BCUT2D eigenvalue weighted by Gasteiger charge is 2.23. The molecule has 0 atom stereocenters. The summed E-state index contributed by atoms with van der Waals surface area (Å²) in [6, 6.07) is 9.28. The third kappa shape index (κ3) is 2.29. The molecule has 0 bridgehead atoms. The van der Waals surface area contributed by atoms with Crippen molar-refractivity contribution in [2.24, 2.45) is 0 Å². The zero-order valence-corrected chi connectivity index (χ0v) is 11.9. The number of ketones is 1. The minimum atomic E-state index is -0.562. The number of para-hydroxylation sites is 1. The zero-order valence-electron chi connectivity index (χ0n) is 10.4. The van der Waals surface area contributed by atoms with E-state index < -0.39 is 11.6 Å². The van der Waals surface area contributed by atoms with E-state index in [-0.39, 0.29) is 5.56 Å². The number of rotatable bonds is 2. The highest BCUT2D eigenvalue weighted by atomic mass is 79.9. The van der Waals surface area contributed by atoms with Crippen LogP contribution in [-0.4, -0.2) is 19.0 Å². The lowest BCUT2D eigenvalue weighted by Crippen LogP contribution is -2.18. The van der Waals surface area contributed by atoms with E-state index in [2.05, 4.69) is 15.9 Å². The van der Waals surface area contributed by atoms with E-state index in [1.165, 1.54) is 12.1 Å². The van der Waals surface area contributed by atoms with Gasteiger partial charge in [0.25, 0.3) is 0 Å². The van der Waals surface area contributed by atoms with Crippen LogP contribution in [0.2, 0.25) is 0 Å². The Morgan fingerprint density at radius 2 is 1.90 bits per heavy atom. The smallest absolute Gasteiger partial charge is 0.199 e. The SMILES string of the molecule is O=C(c1cc(Br)ccc1F)c1cccc2c1OCCO2. The molecule has 0 aliphatic carbocycles. The molecule has 0 saturated carbocycles. The highest BCUT2D eigenvalue weighted by molar-refractivity contribution is 9.10. The Hall–Kier alpha value is -1.88. The maximum Gasteiger partial charge on any atom is 0.199 e. The number of hydrogen-bond donors (Lipinski definition) is 0. The van der Waals surface area contributed by atoms with Crippen molar-refractivity contribution >= 4 is 21.7 Å². The summed E-state index contributed by atoms with van der Waals surface area (Å²) in [6.45, 7) is 0.814. The fourth-order valence-corrected chi connectivity index (χ4v) is 2.43. The van der Waals surface area contributed by atoms with Gasteiger partial charge in [0.15, 0.2) is 17.3 Å². The summed E-state index contributed by atoms with van der Waals surface area (Å²) in [5.41, 5.74) is 0.307. The topological polar surface area (TPSA) is 35.5 Å². The molecule has 1 heterocycles. The van der Waals surface area contributed by atoms with Crippen molar-refractivity contribution in [3.63, 3.8) is 0 Å². The van der Waals surface area contributed by atoms with Gasteiger partial charge in [0.2, 0.25) is 0 Å². The maximum atomic E-state index is 13.8. The summed E-state index contributed by atoms with van der Waals surface area (Å²) in [4.78, 5) is 12.5. The fourth-order valence-electron chi connectivity index (χ4n) is 2.07. The Bertz CT molecular complexity index is 685. The first-order valence-corrected chi connectivity index (χ1v) is 6.84. The molecule has 2 aromatic carbocycles. The van der Waals surface area contributed by atoms with E-state index in [9.17, 15) is 9.18 Å². The van der Waals surface area contributed by atoms with Crippen LogP contribution in [0.25, 0.3) is 0 Å². The lowest BCUT2D eigenvalue weighted by atomic mass is 10.0. The van der Waals surface area contributed by atoms with Crippen molar-refractivity contribution < 1.29 is 18.7 Å². The summed E-state index contributed by atoms with van der Waals surface area (Å²) < 4.78 is 25.4. The number of halogens is 2. The second-order valence-electron chi connectivity index (χ2n) is 4.28. The van der Waals surface area contributed by atoms with Crippen LogP contribution < -0.4 is 9.47 Å². The normalized spacial score (nSPS) is 13.1. The minimum absolute atomic E-state index is 0.00180. The molecular formula is C15H10BrFO3. The fraction of sp³-hybridized carbons (Fsp3) is 0.133. The molecule has 0 unspecified atom stereocenters. The molecule has 3 rings (SSSR count). The second-order valence-corrected chi connectivity index (χ2v) is 5.20. The Labute approximate surface area is 123 Å². The monoisotopic (exact) mass is 336 g/mol. The standard InChI is InChI=1S/C15H10BrFO3/c16-9-4-5-12(17)11(8-9)14(18)10-2-1-3-13-15(10)20-7-6-19-13/h1-5,8H,6-7H2. The number of carbonyl (C=O) groups is 1. The summed E-state index contributed by atoms with van der Waals surface area (Å²) >= 11 is 3.24. The quantitative estimate of drug-likeness (QED) is 0.786. The van der Waals surface area contributed by atoms with Crippen LogP contribution in [0.5, 0.6) is 11.5 Å². The van der Waals surface area contributed by atoms with Crippen molar-refractivity contribution in [2.75, 3.05) is 13.2 Å². The van der Waals surface area contributed by atoms with Crippen molar-refractivity contribution in [1.82, 2.24) is 0 Å². The van der Waals surface area contributed by atoms with E-state index in [0.717, 1.165) is 0 Å². The number of ether oxygens (including phenoxy) is 2. The first-order valence-electron chi connectivity index (χ1n) is 6.05. The Kier molecular flexibility index (Phi) is 3.44.